The third kappa shape index (κ3) is 2.31. The normalized spacial score (nSPS) is 32.4. The van der Waals surface area contributed by atoms with E-state index in [1.54, 1.807) is 0 Å². The summed E-state index contributed by atoms with van der Waals surface area (Å²) in [5.41, 5.74) is 0. The summed E-state index contributed by atoms with van der Waals surface area (Å²) in [6.07, 6.45) is 5.76. The standard InChI is InChI=1S/C9H18NO/c1-10(2,3)8-5-4-6-9(11)7-8/h4,6,8-9,11H,5,7H2,1-3H3/q+1. The van der Waals surface area contributed by atoms with Crippen LogP contribution in [0.3, 0.4) is 0 Å². The van der Waals surface area contributed by atoms with Crippen LogP contribution in [-0.4, -0.2) is 42.9 Å². The van der Waals surface area contributed by atoms with Gasteiger partial charge in [-0.3, -0.25) is 0 Å². The van der Waals surface area contributed by atoms with Gasteiger partial charge in [-0.1, -0.05) is 12.2 Å². The summed E-state index contributed by atoms with van der Waals surface area (Å²) in [7, 11) is 6.53. The monoisotopic (exact) mass is 156 g/mol. The molecule has 0 amide bonds. The fraction of sp³-hybridized carbons (Fsp3) is 0.778. The molecule has 1 N–H and O–H groups in total. The molecule has 1 rings (SSSR count). The minimum atomic E-state index is -0.217. The quantitative estimate of drug-likeness (QED) is 0.439. The van der Waals surface area contributed by atoms with Gasteiger partial charge in [0.15, 0.2) is 0 Å². The molecule has 0 radical (unpaired) electrons. The van der Waals surface area contributed by atoms with Crippen molar-refractivity contribution >= 4 is 0 Å². The largest absolute Gasteiger partial charge is 0.389 e. The molecule has 2 nitrogen and oxygen atoms in total. The molecular weight excluding hydrogens is 138 g/mol. The maximum atomic E-state index is 9.35. The minimum absolute atomic E-state index is 0.217. The van der Waals surface area contributed by atoms with Crippen molar-refractivity contribution in [2.24, 2.45) is 0 Å². The van der Waals surface area contributed by atoms with E-state index >= 15 is 0 Å². The van der Waals surface area contributed by atoms with Crippen LogP contribution in [0.25, 0.3) is 0 Å². The Morgan fingerprint density at radius 3 is 2.36 bits per heavy atom. The summed E-state index contributed by atoms with van der Waals surface area (Å²) < 4.78 is 0.946. The Morgan fingerprint density at radius 1 is 1.36 bits per heavy atom. The molecular formula is C9H18NO+. The van der Waals surface area contributed by atoms with Gasteiger partial charge in [-0.25, -0.2) is 0 Å². The van der Waals surface area contributed by atoms with Crippen molar-refractivity contribution < 1.29 is 9.59 Å². The fourth-order valence-electron chi connectivity index (χ4n) is 1.48. The molecule has 2 unspecified atom stereocenters. The third-order valence-electron chi connectivity index (χ3n) is 2.38. The van der Waals surface area contributed by atoms with E-state index < -0.39 is 0 Å². The molecule has 0 spiro atoms. The molecule has 1 aliphatic rings. The van der Waals surface area contributed by atoms with Gasteiger partial charge in [-0.05, 0) is 0 Å². The number of hydrogen-bond donors (Lipinski definition) is 1. The minimum Gasteiger partial charge on any atom is -0.389 e. The van der Waals surface area contributed by atoms with Crippen LogP contribution in [0.4, 0.5) is 0 Å². The van der Waals surface area contributed by atoms with Crippen LogP contribution in [0, 0.1) is 0 Å². The van der Waals surface area contributed by atoms with E-state index in [-0.39, 0.29) is 6.10 Å². The summed E-state index contributed by atoms with van der Waals surface area (Å²) in [5, 5.41) is 9.35. The fourth-order valence-corrected chi connectivity index (χ4v) is 1.48. The average Bonchev–Trinajstić information content (AvgIpc) is 1.86. The Morgan fingerprint density at radius 2 is 2.00 bits per heavy atom. The molecule has 0 aromatic carbocycles. The van der Waals surface area contributed by atoms with Crippen molar-refractivity contribution in [3.05, 3.63) is 12.2 Å². The Balaban J connectivity index is 2.57. The van der Waals surface area contributed by atoms with Crippen LogP contribution < -0.4 is 0 Å². The van der Waals surface area contributed by atoms with E-state index in [1.807, 2.05) is 6.08 Å². The number of aliphatic hydroxyl groups excluding tert-OH is 1. The van der Waals surface area contributed by atoms with E-state index in [4.69, 9.17) is 0 Å². The zero-order valence-electron chi connectivity index (χ0n) is 7.62. The van der Waals surface area contributed by atoms with Crippen molar-refractivity contribution in [2.45, 2.75) is 25.0 Å². The lowest BCUT2D eigenvalue weighted by molar-refractivity contribution is -0.896. The highest BCUT2D eigenvalue weighted by molar-refractivity contribution is 4.96. The first-order valence-electron chi connectivity index (χ1n) is 4.16. The highest BCUT2D eigenvalue weighted by Gasteiger charge is 2.26. The molecule has 2 heteroatoms. The molecule has 0 saturated heterocycles. The molecule has 0 heterocycles. The van der Waals surface area contributed by atoms with Crippen molar-refractivity contribution in [1.29, 1.82) is 0 Å². The third-order valence-corrected chi connectivity index (χ3v) is 2.38. The molecule has 2 atom stereocenters. The zero-order valence-corrected chi connectivity index (χ0v) is 7.62. The highest BCUT2D eigenvalue weighted by Crippen LogP contribution is 2.19. The molecule has 0 aliphatic heterocycles. The van der Waals surface area contributed by atoms with Crippen molar-refractivity contribution in [1.82, 2.24) is 0 Å². The Kier molecular flexibility index (Phi) is 2.35. The second-order valence-corrected chi connectivity index (χ2v) is 4.24. The summed E-state index contributed by atoms with van der Waals surface area (Å²) in [6.45, 7) is 0. The van der Waals surface area contributed by atoms with Gasteiger partial charge in [-0.15, -0.1) is 0 Å². The van der Waals surface area contributed by atoms with Crippen LogP contribution >= 0.6 is 0 Å². The van der Waals surface area contributed by atoms with Crippen LogP contribution in [0.5, 0.6) is 0 Å². The molecule has 0 saturated carbocycles. The first-order chi connectivity index (χ1) is 5.00. The smallest absolute Gasteiger partial charge is 0.0947 e. The number of quaternary nitrogens is 1. The summed E-state index contributed by atoms with van der Waals surface area (Å²) in [4.78, 5) is 0. The number of hydrogen-bond acceptors (Lipinski definition) is 1. The lowest BCUT2D eigenvalue weighted by atomic mass is 9.97. The van der Waals surface area contributed by atoms with Gasteiger partial charge >= 0.3 is 0 Å². The van der Waals surface area contributed by atoms with E-state index in [0.29, 0.717) is 6.04 Å². The Labute approximate surface area is 68.7 Å². The van der Waals surface area contributed by atoms with Gasteiger partial charge in [0.05, 0.1) is 33.3 Å². The zero-order chi connectivity index (χ0) is 8.48. The summed E-state index contributed by atoms with van der Waals surface area (Å²) in [5.74, 6) is 0. The van der Waals surface area contributed by atoms with Crippen molar-refractivity contribution in [3.63, 3.8) is 0 Å². The highest BCUT2D eigenvalue weighted by atomic mass is 16.3. The molecule has 0 bridgehead atoms. The lowest BCUT2D eigenvalue weighted by Gasteiger charge is -2.36. The molecule has 0 fully saturated rings. The predicted octanol–water partition coefficient (Wildman–Crippen LogP) is 0.772. The van der Waals surface area contributed by atoms with E-state index in [1.165, 1.54) is 0 Å². The van der Waals surface area contributed by atoms with Crippen LogP contribution in [0.2, 0.25) is 0 Å². The average molecular weight is 156 g/mol. The van der Waals surface area contributed by atoms with Crippen LogP contribution in [0.1, 0.15) is 12.8 Å². The van der Waals surface area contributed by atoms with E-state index in [9.17, 15) is 5.11 Å². The topological polar surface area (TPSA) is 20.2 Å². The van der Waals surface area contributed by atoms with Crippen LogP contribution in [0.15, 0.2) is 12.2 Å². The number of aliphatic hydroxyl groups is 1. The Bertz CT molecular complexity index is 157. The van der Waals surface area contributed by atoms with Gasteiger partial charge in [0.25, 0.3) is 0 Å². The maximum Gasteiger partial charge on any atom is 0.0947 e. The second kappa shape index (κ2) is 2.95. The van der Waals surface area contributed by atoms with Gasteiger partial charge < -0.3 is 9.59 Å². The number of rotatable bonds is 1. The Hall–Kier alpha value is -0.340. The molecule has 0 aromatic rings. The van der Waals surface area contributed by atoms with Gasteiger partial charge in [0.1, 0.15) is 0 Å². The predicted molar refractivity (Wildman–Crippen MR) is 46.2 cm³/mol. The van der Waals surface area contributed by atoms with Crippen molar-refractivity contribution in [3.8, 4) is 0 Å². The van der Waals surface area contributed by atoms with Crippen LogP contribution in [-0.2, 0) is 0 Å². The summed E-state index contributed by atoms with van der Waals surface area (Å²) in [6, 6.07) is 0.579. The first-order valence-corrected chi connectivity index (χ1v) is 4.16. The lowest BCUT2D eigenvalue weighted by Crippen LogP contribution is -2.47. The van der Waals surface area contributed by atoms with Crippen molar-refractivity contribution in [2.75, 3.05) is 21.1 Å². The first kappa shape index (κ1) is 8.75. The van der Waals surface area contributed by atoms with E-state index in [0.717, 1.165) is 17.3 Å². The molecule has 0 aromatic heterocycles. The number of nitrogens with zero attached hydrogens (tertiary/aromatic N) is 1. The molecule has 64 valence electrons. The van der Waals surface area contributed by atoms with Gasteiger partial charge in [0.2, 0.25) is 0 Å². The second-order valence-electron chi connectivity index (χ2n) is 4.24. The SMILES string of the molecule is C[N+](C)(C)C1CC=CC(O)C1. The summed E-state index contributed by atoms with van der Waals surface area (Å²) >= 11 is 0. The maximum absolute atomic E-state index is 9.35. The van der Waals surface area contributed by atoms with Gasteiger partial charge in [0, 0.05) is 12.8 Å². The van der Waals surface area contributed by atoms with Gasteiger partial charge in [-0.2, -0.15) is 0 Å². The molecule has 1 aliphatic carbocycles. The molecule has 11 heavy (non-hydrogen) atoms. The van der Waals surface area contributed by atoms with E-state index in [2.05, 4.69) is 27.2 Å².